The minimum Gasteiger partial charge on any atom is -0.481 e. The summed E-state index contributed by atoms with van der Waals surface area (Å²) < 4.78 is 11.4. The lowest BCUT2D eigenvalue weighted by Gasteiger charge is -2.57. The van der Waals surface area contributed by atoms with Gasteiger partial charge in [0.2, 0.25) is 0 Å². The number of amides is 2. The van der Waals surface area contributed by atoms with Crippen molar-refractivity contribution in [1.82, 2.24) is 10.2 Å². The third kappa shape index (κ3) is 2.62. The molecule has 0 aromatic heterocycles. The zero-order chi connectivity index (χ0) is 18.4. The summed E-state index contributed by atoms with van der Waals surface area (Å²) in [5.41, 5.74) is -0.745. The number of aliphatic carboxylic acids is 1. The van der Waals surface area contributed by atoms with Gasteiger partial charge in [0.1, 0.15) is 0 Å². The first-order valence-electron chi connectivity index (χ1n) is 10.00. The summed E-state index contributed by atoms with van der Waals surface area (Å²) in [6, 6.07) is -0.0116. The molecule has 2 saturated heterocycles. The average molecular weight is 366 g/mol. The highest BCUT2D eigenvalue weighted by molar-refractivity contribution is 5.80. The topological polar surface area (TPSA) is 88.1 Å². The van der Waals surface area contributed by atoms with Gasteiger partial charge in [-0.1, -0.05) is 6.42 Å². The maximum Gasteiger partial charge on any atom is 0.317 e. The van der Waals surface area contributed by atoms with Crippen molar-refractivity contribution in [2.45, 2.75) is 57.6 Å². The van der Waals surface area contributed by atoms with Crippen LogP contribution in [-0.2, 0) is 14.3 Å². The smallest absolute Gasteiger partial charge is 0.317 e. The second-order valence-electron chi connectivity index (χ2n) is 8.46. The molecule has 0 radical (unpaired) electrons. The molecule has 2 heterocycles. The number of nitrogens with one attached hydrogen (secondary N) is 1. The summed E-state index contributed by atoms with van der Waals surface area (Å²) in [5, 5.41) is 12.9. The largest absolute Gasteiger partial charge is 0.481 e. The van der Waals surface area contributed by atoms with Crippen molar-refractivity contribution in [1.29, 1.82) is 0 Å². The van der Waals surface area contributed by atoms with E-state index in [1.54, 1.807) is 4.90 Å². The predicted octanol–water partition coefficient (Wildman–Crippen LogP) is 1.86. The fraction of sp³-hybridized carbons (Fsp3) is 0.895. The fourth-order valence-electron chi connectivity index (χ4n) is 5.84. The molecule has 2 amide bonds. The molecular weight excluding hydrogens is 336 g/mol. The molecule has 7 heteroatoms. The van der Waals surface area contributed by atoms with E-state index in [1.807, 2.05) is 6.92 Å². The van der Waals surface area contributed by atoms with Crippen molar-refractivity contribution in [3.8, 4) is 0 Å². The van der Waals surface area contributed by atoms with Crippen molar-refractivity contribution in [2.75, 3.05) is 32.9 Å². The standard InChI is InChI=1S/C19H30N2O5/c1-2-26-15-10-14(18(15)6-8-25-9-7-18)20-17(24)21-11-13-4-3-5-19(13,12-21)16(22)23/h13-15H,2-12H2,1H3,(H,20,24)(H,22,23)/t13-,14?,15?,19+/m0/s1. The van der Waals surface area contributed by atoms with Crippen LogP contribution in [0.15, 0.2) is 0 Å². The number of rotatable bonds is 4. The van der Waals surface area contributed by atoms with Crippen LogP contribution in [0.1, 0.15) is 45.4 Å². The first-order chi connectivity index (χ1) is 12.5. The maximum atomic E-state index is 12.9. The number of carboxylic acid groups (broad SMARTS) is 1. The minimum absolute atomic E-state index is 0.0238. The third-order valence-electron chi connectivity index (χ3n) is 7.46. The number of hydrogen-bond acceptors (Lipinski definition) is 4. The highest BCUT2D eigenvalue weighted by Gasteiger charge is 2.59. The lowest BCUT2D eigenvalue weighted by molar-refractivity contribution is -0.170. The fourth-order valence-corrected chi connectivity index (χ4v) is 5.84. The molecule has 4 aliphatic rings. The summed E-state index contributed by atoms with van der Waals surface area (Å²) >= 11 is 0. The number of hydrogen-bond donors (Lipinski definition) is 2. The Bertz CT molecular complexity index is 576. The van der Waals surface area contributed by atoms with Crippen LogP contribution in [0.4, 0.5) is 4.79 Å². The number of carbonyl (C=O) groups is 2. The van der Waals surface area contributed by atoms with Crippen LogP contribution in [0, 0.1) is 16.7 Å². The number of nitrogens with zero attached hydrogens (tertiary/aromatic N) is 1. The Hall–Kier alpha value is -1.34. The molecule has 4 atom stereocenters. The van der Waals surface area contributed by atoms with Crippen molar-refractivity contribution in [3.63, 3.8) is 0 Å². The molecule has 4 fully saturated rings. The Morgan fingerprint density at radius 2 is 2.08 bits per heavy atom. The van der Waals surface area contributed by atoms with Gasteiger partial charge in [0, 0.05) is 44.4 Å². The van der Waals surface area contributed by atoms with Gasteiger partial charge in [-0.15, -0.1) is 0 Å². The minimum atomic E-state index is -0.740. The lowest BCUT2D eigenvalue weighted by atomic mass is 9.57. The van der Waals surface area contributed by atoms with E-state index in [0.717, 1.165) is 32.1 Å². The van der Waals surface area contributed by atoms with Crippen LogP contribution in [0.3, 0.4) is 0 Å². The number of likely N-dealkylation sites (tertiary alicyclic amines) is 1. The van der Waals surface area contributed by atoms with E-state index in [4.69, 9.17) is 9.47 Å². The van der Waals surface area contributed by atoms with Crippen molar-refractivity contribution < 1.29 is 24.2 Å². The number of carboxylic acids is 1. The molecule has 2 saturated carbocycles. The lowest BCUT2D eigenvalue weighted by Crippen LogP contribution is -2.67. The molecule has 1 spiro atoms. The molecule has 26 heavy (non-hydrogen) atoms. The summed E-state index contributed by atoms with van der Waals surface area (Å²) in [4.78, 5) is 26.5. The number of fused-ring (bicyclic) bond motifs is 1. The molecule has 4 rings (SSSR count). The molecule has 2 unspecified atom stereocenters. The van der Waals surface area contributed by atoms with Gasteiger partial charge in [-0.3, -0.25) is 4.79 Å². The number of ether oxygens (including phenoxy) is 2. The zero-order valence-electron chi connectivity index (χ0n) is 15.5. The van der Waals surface area contributed by atoms with Gasteiger partial charge in [0.25, 0.3) is 0 Å². The first-order valence-corrected chi connectivity index (χ1v) is 10.00. The van der Waals surface area contributed by atoms with Crippen LogP contribution < -0.4 is 5.32 Å². The average Bonchev–Trinajstić information content (AvgIpc) is 3.20. The summed E-state index contributed by atoms with van der Waals surface area (Å²) in [7, 11) is 0. The number of carbonyl (C=O) groups excluding carboxylic acids is 1. The van der Waals surface area contributed by atoms with E-state index < -0.39 is 11.4 Å². The quantitative estimate of drug-likeness (QED) is 0.793. The highest BCUT2D eigenvalue weighted by atomic mass is 16.5. The van der Waals surface area contributed by atoms with Crippen LogP contribution in [0.5, 0.6) is 0 Å². The van der Waals surface area contributed by atoms with Gasteiger partial charge in [0.15, 0.2) is 0 Å². The van der Waals surface area contributed by atoms with E-state index in [-0.39, 0.29) is 29.5 Å². The van der Waals surface area contributed by atoms with Crippen LogP contribution >= 0.6 is 0 Å². The van der Waals surface area contributed by atoms with Crippen LogP contribution in [0.2, 0.25) is 0 Å². The van der Waals surface area contributed by atoms with Gasteiger partial charge >= 0.3 is 12.0 Å². The van der Waals surface area contributed by atoms with Crippen LogP contribution in [0.25, 0.3) is 0 Å². The summed E-state index contributed by atoms with van der Waals surface area (Å²) in [5.74, 6) is -0.642. The Balaban J connectivity index is 1.41. The zero-order valence-corrected chi connectivity index (χ0v) is 15.5. The molecule has 2 aliphatic carbocycles. The normalized spacial score (nSPS) is 38.0. The monoisotopic (exact) mass is 366 g/mol. The Kier molecular flexibility index (Phi) is 4.63. The SMILES string of the molecule is CCOC1CC(NC(=O)N2C[C@@H]3CCC[C@@]3(C(=O)O)C2)C12CCOCC2. The second kappa shape index (κ2) is 6.68. The molecule has 146 valence electrons. The summed E-state index contributed by atoms with van der Waals surface area (Å²) in [6.45, 7) is 5.02. The van der Waals surface area contributed by atoms with Crippen molar-refractivity contribution in [3.05, 3.63) is 0 Å². The van der Waals surface area contributed by atoms with E-state index in [0.29, 0.717) is 39.3 Å². The van der Waals surface area contributed by atoms with Gasteiger partial charge in [0.05, 0.1) is 11.5 Å². The maximum absolute atomic E-state index is 12.9. The first kappa shape index (κ1) is 18.0. The second-order valence-corrected chi connectivity index (χ2v) is 8.46. The van der Waals surface area contributed by atoms with Gasteiger partial charge in [-0.05, 0) is 44.9 Å². The Labute approximate surface area is 154 Å². The van der Waals surface area contributed by atoms with Gasteiger partial charge in [-0.2, -0.15) is 0 Å². The van der Waals surface area contributed by atoms with E-state index in [2.05, 4.69) is 5.32 Å². The van der Waals surface area contributed by atoms with Gasteiger partial charge in [-0.25, -0.2) is 4.79 Å². The van der Waals surface area contributed by atoms with E-state index >= 15 is 0 Å². The number of urea groups is 1. The molecule has 7 nitrogen and oxygen atoms in total. The van der Waals surface area contributed by atoms with E-state index in [1.165, 1.54) is 0 Å². The predicted molar refractivity (Wildman–Crippen MR) is 93.8 cm³/mol. The molecule has 0 bridgehead atoms. The molecule has 2 N–H and O–H groups in total. The highest BCUT2D eigenvalue weighted by Crippen LogP contribution is 2.51. The molecule has 2 aliphatic heterocycles. The van der Waals surface area contributed by atoms with Crippen LogP contribution in [-0.4, -0.2) is 67.1 Å². The Morgan fingerprint density at radius 1 is 1.31 bits per heavy atom. The van der Waals surface area contributed by atoms with Crippen molar-refractivity contribution >= 4 is 12.0 Å². The Morgan fingerprint density at radius 3 is 2.73 bits per heavy atom. The van der Waals surface area contributed by atoms with Gasteiger partial charge < -0.3 is 24.8 Å². The molecule has 0 aromatic carbocycles. The third-order valence-corrected chi connectivity index (χ3v) is 7.46. The molecular formula is C19H30N2O5. The van der Waals surface area contributed by atoms with E-state index in [9.17, 15) is 14.7 Å². The molecule has 0 aromatic rings. The summed E-state index contributed by atoms with van der Waals surface area (Å²) in [6.07, 6.45) is 5.38. The van der Waals surface area contributed by atoms with Crippen molar-refractivity contribution in [2.24, 2.45) is 16.7 Å².